The summed E-state index contributed by atoms with van der Waals surface area (Å²) in [6, 6.07) is 9.80. The summed E-state index contributed by atoms with van der Waals surface area (Å²) in [4.78, 5) is 2.58. The highest BCUT2D eigenvalue weighted by Crippen LogP contribution is 2.30. The van der Waals surface area contributed by atoms with E-state index in [1.807, 2.05) is 0 Å². The molecule has 1 aromatic carbocycles. The van der Waals surface area contributed by atoms with Gasteiger partial charge in [-0.2, -0.15) is 0 Å². The third-order valence-corrected chi connectivity index (χ3v) is 4.12. The Labute approximate surface area is 97.4 Å². The summed E-state index contributed by atoms with van der Waals surface area (Å²) in [5, 5.41) is 0. The molecule has 1 heterocycles. The van der Waals surface area contributed by atoms with Gasteiger partial charge in [-0.1, -0.05) is 37.1 Å². The van der Waals surface area contributed by atoms with Crippen LogP contribution in [0.5, 0.6) is 0 Å². The van der Waals surface area contributed by atoms with Crippen LogP contribution in [0.4, 0.5) is 0 Å². The number of hydrogen-bond acceptors (Lipinski definition) is 2. The number of rotatable bonds is 1. The molecule has 1 aliphatic heterocycles. The Morgan fingerprint density at radius 3 is 2.25 bits per heavy atom. The predicted octanol–water partition coefficient (Wildman–Crippen LogP) is 2.27. The summed E-state index contributed by atoms with van der Waals surface area (Å²) in [6.07, 6.45) is 5.16. The van der Waals surface area contributed by atoms with Crippen LogP contribution >= 0.6 is 0 Å². The van der Waals surface area contributed by atoms with Gasteiger partial charge in [-0.3, -0.25) is 4.90 Å². The maximum atomic E-state index is 6.25. The van der Waals surface area contributed by atoms with E-state index in [0.717, 1.165) is 13.1 Å². The number of fused-ring (bicyclic) bond motifs is 1. The van der Waals surface area contributed by atoms with Crippen LogP contribution in [0.3, 0.4) is 0 Å². The fraction of sp³-hybridized carbons (Fsp3) is 0.571. The van der Waals surface area contributed by atoms with Crippen molar-refractivity contribution in [2.45, 2.75) is 50.9 Å². The van der Waals surface area contributed by atoms with Gasteiger partial charge in [0.05, 0.1) is 0 Å². The SMILES string of the molecule is N[C@@H]1CCCC[C@H]1N1Cc2ccccc2C1. The Balaban J connectivity index is 1.75. The van der Waals surface area contributed by atoms with Gasteiger partial charge in [0.1, 0.15) is 0 Å². The Bertz CT molecular complexity index is 350. The first-order chi connectivity index (χ1) is 7.84. The zero-order valence-corrected chi connectivity index (χ0v) is 9.73. The van der Waals surface area contributed by atoms with Gasteiger partial charge in [-0.05, 0) is 24.0 Å². The first-order valence-corrected chi connectivity index (χ1v) is 6.41. The van der Waals surface area contributed by atoms with Crippen molar-refractivity contribution in [3.63, 3.8) is 0 Å². The molecule has 86 valence electrons. The molecule has 0 amide bonds. The number of nitrogens with zero attached hydrogens (tertiary/aromatic N) is 1. The maximum Gasteiger partial charge on any atom is 0.0254 e. The molecule has 0 saturated heterocycles. The quantitative estimate of drug-likeness (QED) is 0.780. The van der Waals surface area contributed by atoms with Crippen LogP contribution in [0, 0.1) is 0 Å². The normalized spacial score (nSPS) is 30.3. The molecule has 1 aliphatic carbocycles. The van der Waals surface area contributed by atoms with Crippen LogP contribution in [0.2, 0.25) is 0 Å². The Hall–Kier alpha value is -0.860. The van der Waals surface area contributed by atoms with Crippen molar-refractivity contribution >= 4 is 0 Å². The molecule has 2 heteroatoms. The lowest BCUT2D eigenvalue weighted by Crippen LogP contribution is -2.47. The smallest absolute Gasteiger partial charge is 0.0254 e. The molecule has 0 bridgehead atoms. The maximum absolute atomic E-state index is 6.25. The number of benzene rings is 1. The van der Waals surface area contributed by atoms with Crippen LogP contribution in [-0.2, 0) is 13.1 Å². The van der Waals surface area contributed by atoms with Gasteiger partial charge in [0, 0.05) is 25.2 Å². The molecule has 2 N–H and O–H groups in total. The highest BCUT2D eigenvalue weighted by atomic mass is 15.2. The highest BCUT2D eigenvalue weighted by molar-refractivity contribution is 5.30. The lowest BCUT2D eigenvalue weighted by molar-refractivity contribution is 0.137. The standard InChI is InChI=1S/C14H20N2/c15-13-7-3-4-8-14(13)16-9-11-5-1-2-6-12(11)10-16/h1-2,5-6,13-14H,3-4,7-10,15H2/t13-,14-/m1/s1. The Morgan fingerprint density at radius 1 is 1.00 bits per heavy atom. The van der Waals surface area contributed by atoms with Gasteiger partial charge in [0.2, 0.25) is 0 Å². The lowest BCUT2D eigenvalue weighted by Gasteiger charge is -2.35. The van der Waals surface area contributed by atoms with E-state index in [-0.39, 0.29) is 0 Å². The summed E-state index contributed by atoms with van der Waals surface area (Å²) in [6.45, 7) is 2.21. The summed E-state index contributed by atoms with van der Waals surface area (Å²) in [5.41, 5.74) is 9.25. The molecule has 1 aromatic rings. The zero-order chi connectivity index (χ0) is 11.0. The van der Waals surface area contributed by atoms with Gasteiger partial charge in [-0.15, -0.1) is 0 Å². The van der Waals surface area contributed by atoms with Crippen molar-refractivity contribution in [1.82, 2.24) is 4.90 Å². The molecule has 0 spiro atoms. The molecule has 2 aliphatic rings. The lowest BCUT2D eigenvalue weighted by atomic mass is 9.90. The molecule has 0 radical (unpaired) electrons. The second-order valence-corrected chi connectivity index (χ2v) is 5.19. The largest absolute Gasteiger partial charge is 0.326 e. The van der Waals surface area contributed by atoms with Gasteiger partial charge < -0.3 is 5.73 Å². The topological polar surface area (TPSA) is 29.3 Å². The van der Waals surface area contributed by atoms with E-state index in [0.29, 0.717) is 12.1 Å². The molecule has 0 aromatic heterocycles. The fourth-order valence-electron chi connectivity index (χ4n) is 3.19. The minimum atomic E-state index is 0.392. The average Bonchev–Trinajstić information content (AvgIpc) is 2.73. The van der Waals surface area contributed by atoms with Gasteiger partial charge in [0.15, 0.2) is 0 Å². The highest BCUT2D eigenvalue weighted by Gasteiger charge is 2.31. The molecule has 1 saturated carbocycles. The second kappa shape index (κ2) is 4.19. The number of nitrogens with two attached hydrogens (primary N) is 1. The third-order valence-electron chi connectivity index (χ3n) is 4.12. The molecular weight excluding hydrogens is 196 g/mol. The predicted molar refractivity (Wildman–Crippen MR) is 65.9 cm³/mol. The number of hydrogen-bond donors (Lipinski definition) is 1. The second-order valence-electron chi connectivity index (χ2n) is 5.19. The Kier molecular flexibility index (Phi) is 2.70. The Morgan fingerprint density at radius 2 is 1.62 bits per heavy atom. The minimum absolute atomic E-state index is 0.392. The first-order valence-electron chi connectivity index (χ1n) is 6.41. The van der Waals surface area contributed by atoms with Gasteiger partial charge in [-0.25, -0.2) is 0 Å². The van der Waals surface area contributed by atoms with Gasteiger partial charge >= 0.3 is 0 Å². The molecule has 3 rings (SSSR count). The van der Waals surface area contributed by atoms with Crippen LogP contribution in [-0.4, -0.2) is 17.0 Å². The van der Waals surface area contributed by atoms with Crippen molar-refractivity contribution in [3.8, 4) is 0 Å². The van der Waals surface area contributed by atoms with Crippen LogP contribution in [0.25, 0.3) is 0 Å². The summed E-state index contributed by atoms with van der Waals surface area (Å²) >= 11 is 0. The van der Waals surface area contributed by atoms with E-state index in [1.54, 1.807) is 0 Å². The van der Waals surface area contributed by atoms with Crippen LogP contribution in [0.1, 0.15) is 36.8 Å². The van der Waals surface area contributed by atoms with Crippen molar-refractivity contribution < 1.29 is 0 Å². The molecule has 0 unspecified atom stereocenters. The van der Waals surface area contributed by atoms with E-state index in [9.17, 15) is 0 Å². The monoisotopic (exact) mass is 216 g/mol. The van der Waals surface area contributed by atoms with E-state index in [1.165, 1.54) is 36.8 Å². The van der Waals surface area contributed by atoms with Crippen molar-refractivity contribution in [1.29, 1.82) is 0 Å². The summed E-state index contributed by atoms with van der Waals surface area (Å²) in [7, 11) is 0. The molecule has 1 fully saturated rings. The van der Waals surface area contributed by atoms with Crippen molar-refractivity contribution in [2.75, 3.05) is 0 Å². The molecular formula is C14H20N2. The minimum Gasteiger partial charge on any atom is -0.326 e. The van der Waals surface area contributed by atoms with Gasteiger partial charge in [0.25, 0.3) is 0 Å². The van der Waals surface area contributed by atoms with Crippen LogP contribution < -0.4 is 5.73 Å². The van der Waals surface area contributed by atoms with E-state index < -0.39 is 0 Å². The molecule has 16 heavy (non-hydrogen) atoms. The zero-order valence-electron chi connectivity index (χ0n) is 9.73. The van der Waals surface area contributed by atoms with E-state index >= 15 is 0 Å². The molecule has 2 nitrogen and oxygen atoms in total. The first kappa shape index (κ1) is 10.3. The van der Waals surface area contributed by atoms with E-state index in [2.05, 4.69) is 29.2 Å². The van der Waals surface area contributed by atoms with Crippen LogP contribution in [0.15, 0.2) is 24.3 Å². The summed E-state index contributed by atoms with van der Waals surface area (Å²) in [5.74, 6) is 0. The third kappa shape index (κ3) is 1.76. The van der Waals surface area contributed by atoms with Crippen molar-refractivity contribution in [3.05, 3.63) is 35.4 Å². The summed E-state index contributed by atoms with van der Waals surface area (Å²) < 4.78 is 0. The van der Waals surface area contributed by atoms with E-state index in [4.69, 9.17) is 5.73 Å². The average molecular weight is 216 g/mol. The van der Waals surface area contributed by atoms with Crippen molar-refractivity contribution in [2.24, 2.45) is 5.73 Å². The molecule has 2 atom stereocenters. The fourth-order valence-corrected chi connectivity index (χ4v) is 3.19.